The highest BCUT2D eigenvalue weighted by Crippen LogP contribution is 2.24. The van der Waals surface area contributed by atoms with Gasteiger partial charge in [0.25, 0.3) is 5.91 Å². The van der Waals surface area contributed by atoms with E-state index in [0.717, 1.165) is 10.9 Å². The molecule has 1 aromatic carbocycles. The molecule has 0 radical (unpaired) electrons. The number of nitrogens with zero attached hydrogens (tertiary/aromatic N) is 4. The molecule has 1 atom stereocenters. The molecule has 26 heavy (non-hydrogen) atoms. The van der Waals surface area contributed by atoms with Crippen LogP contribution in [-0.4, -0.2) is 25.7 Å². The van der Waals surface area contributed by atoms with E-state index < -0.39 is 0 Å². The van der Waals surface area contributed by atoms with Gasteiger partial charge in [0, 0.05) is 19.0 Å². The highest BCUT2D eigenvalue weighted by molar-refractivity contribution is 7.98. The van der Waals surface area contributed by atoms with E-state index in [1.165, 1.54) is 11.1 Å². The first-order valence-electron chi connectivity index (χ1n) is 8.34. The van der Waals surface area contributed by atoms with E-state index in [-0.39, 0.29) is 11.9 Å². The van der Waals surface area contributed by atoms with Crippen LogP contribution in [0.4, 0.5) is 0 Å². The number of nitrogens with one attached hydrogen (secondary N) is 1. The van der Waals surface area contributed by atoms with Crippen molar-refractivity contribution in [3.63, 3.8) is 0 Å². The molecule has 134 valence electrons. The monoisotopic (exact) mass is 367 g/mol. The van der Waals surface area contributed by atoms with Crippen LogP contribution >= 0.6 is 11.8 Å². The number of pyridine rings is 1. The minimum Gasteiger partial charge on any atom is -0.341 e. The van der Waals surface area contributed by atoms with Crippen molar-refractivity contribution in [3.8, 4) is 0 Å². The van der Waals surface area contributed by atoms with Crippen molar-refractivity contribution in [1.82, 2.24) is 25.1 Å². The Morgan fingerprint density at radius 3 is 2.69 bits per heavy atom. The molecule has 0 fully saturated rings. The second-order valence-corrected chi connectivity index (χ2v) is 6.97. The number of hydrogen-bond acceptors (Lipinski definition) is 5. The maximum absolute atomic E-state index is 12.3. The van der Waals surface area contributed by atoms with Gasteiger partial charge in [-0.25, -0.2) is 0 Å². The fraction of sp³-hybridized carbons (Fsp3) is 0.263. The lowest BCUT2D eigenvalue weighted by Gasteiger charge is -2.13. The predicted octanol–water partition coefficient (Wildman–Crippen LogP) is 3.30. The zero-order valence-electron chi connectivity index (χ0n) is 15.0. The lowest BCUT2D eigenvalue weighted by Crippen LogP contribution is -2.29. The first-order valence-corrected chi connectivity index (χ1v) is 9.33. The third-order valence-electron chi connectivity index (χ3n) is 4.12. The maximum atomic E-state index is 12.3. The van der Waals surface area contributed by atoms with E-state index in [1.54, 1.807) is 36.2 Å². The Morgan fingerprint density at radius 1 is 1.19 bits per heavy atom. The van der Waals surface area contributed by atoms with Crippen molar-refractivity contribution < 1.29 is 4.79 Å². The third-order valence-corrected chi connectivity index (χ3v) is 5.19. The van der Waals surface area contributed by atoms with E-state index in [9.17, 15) is 4.79 Å². The molecule has 0 aliphatic carbocycles. The normalized spacial score (nSPS) is 12.0. The molecular weight excluding hydrogens is 346 g/mol. The van der Waals surface area contributed by atoms with Crippen LogP contribution in [0.15, 0.2) is 53.8 Å². The summed E-state index contributed by atoms with van der Waals surface area (Å²) in [5, 5.41) is 12.3. The van der Waals surface area contributed by atoms with Crippen LogP contribution in [0.1, 0.15) is 40.4 Å². The number of carbonyl (C=O) groups excluding carboxylic acids is 1. The van der Waals surface area contributed by atoms with E-state index in [4.69, 9.17) is 0 Å². The van der Waals surface area contributed by atoms with Crippen LogP contribution in [0.25, 0.3) is 0 Å². The van der Waals surface area contributed by atoms with Crippen LogP contribution in [0.5, 0.6) is 0 Å². The summed E-state index contributed by atoms with van der Waals surface area (Å²) < 4.78 is 1.92. The van der Waals surface area contributed by atoms with E-state index in [1.807, 2.05) is 30.7 Å². The summed E-state index contributed by atoms with van der Waals surface area (Å²) in [6.45, 7) is 3.99. The van der Waals surface area contributed by atoms with E-state index in [0.29, 0.717) is 11.5 Å². The molecule has 0 spiro atoms. The smallest absolute Gasteiger partial charge is 0.270 e. The van der Waals surface area contributed by atoms with Gasteiger partial charge in [-0.3, -0.25) is 9.78 Å². The molecule has 3 aromatic rings. The molecule has 2 heterocycles. The van der Waals surface area contributed by atoms with Gasteiger partial charge in [0.2, 0.25) is 0 Å². The minimum absolute atomic E-state index is 0.227. The number of hydrogen-bond donors (Lipinski definition) is 1. The molecule has 1 N–H and O–H groups in total. The molecular formula is C19H21N5OS. The number of thioether (sulfide) groups is 1. The van der Waals surface area contributed by atoms with Gasteiger partial charge in [0.1, 0.15) is 5.69 Å². The molecule has 7 heteroatoms. The van der Waals surface area contributed by atoms with Crippen molar-refractivity contribution in [2.24, 2.45) is 7.05 Å². The lowest BCUT2D eigenvalue weighted by atomic mass is 10.1. The average molecular weight is 367 g/mol. The highest BCUT2D eigenvalue weighted by Gasteiger charge is 2.19. The summed E-state index contributed by atoms with van der Waals surface area (Å²) in [6, 6.07) is 13.3. The Hall–Kier alpha value is -2.67. The number of amides is 1. The van der Waals surface area contributed by atoms with Crippen molar-refractivity contribution in [2.45, 2.75) is 30.8 Å². The number of aromatic nitrogens is 4. The molecule has 2 aromatic heterocycles. The molecule has 1 amide bonds. The zero-order valence-corrected chi connectivity index (χ0v) is 15.8. The van der Waals surface area contributed by atoms with Gasteiger partial charge in [-0.2, -0.15) is 0 Å². The van der Waals surface area contributed by atoms with Gasteiger partial charge in [-0.05, 0) is 37.1 Å². The lowest BCUT2D eigenvalue weighted by molar-refractivity contribution is 0.0932. The highest BCUT2D eigenvalue weighted by atomic mass is 32.2. The van der Waals surface area contributed by atoms with E-state index >= 15 is 0 Å². The Kier molecular flexibility index (Phi) is 5.68. The van der Waals surface area contributed by atoms with Crippen molar-refractivity contribution in [2.75, 3.05) is 0 Å². The fourth-order valence-corrected chi connectivity index (χ4v) is 3.57. The average Bonchev–Trinajstić information content (AvgIpc) is 3.02. The summed E-state index contributed by atoms with van der Waals surface area (Å²) in [4.78, 5) is 16.3. The van der Waals surface area contributed by atoms with Crippen molar-refractivity contribution in [3.05, 3.63) is 71.3 Å². The first kappa shape index (κ1) is 18.1. The molecule has 0 saturated heterocycles. The van der Waals surface area contributed by atoms with Crippen molar-refractivity contribution in [1.29, 1.82) is 0 Å². The topological polar surface area (TPSA) is 72.7 Å². The number of carbonyl (C=O) groups is 1. The Balaban J connectivity index is 1.66. The molecule has 1 unspecified atom stereocenters. The van der Waals surface area contributed by atoms with Crippen LogP contribution in [-0.2, 0) is 12.8 Å². The number of aryl methyl sites for hydroxylation is 1. The van der Waals surface area contributed by atoms with E-state index in [2.05, 4.69) is 39.6 Å². The van der Waals surface area contributed by atoms with Gasteiger partial charge >= 0.3 is 0 Å². The molecule has 0 bridgehead atoms. The number of benzene rings is 1. The maximum Gasteiger partial charge on any atom is 0.270 e. The van der Waals surface area contributed by atoms with Crippen LogP contribution in [0.2, 0.25) is 0 Å². The van der Waals surface area contributed by atoms with Gasteiger partial charge in [0.05, 0.1) is 6.04 Å². The van der Waals surface area contributed by atoms with Crippen LogP contribution < -0.4 is 5.32 Å². The number of rotatable bonds is 6. The summed E-state index contributed by atoms with van der Waals surface area (Å²) in [7, 11) is 1.92. The second kappa shape index (κ2) is 8.14. The summed E-state index contributed by atoms with van der Waals surface area (Å²) >= 11 is 1.63. The molecule has 6 nitrogen and oxygen atoms in total. The van der Waals surface area contributed by atoms with Gasteiger partial charge in [-0.1, -0.05) is 42.1 Å². The van der Waals surface area contributed by atoms with Gasteiger partial charge in [0.15, 0.2) is 11.0 Å². The zero-order chi connectivity index (χ0) is 18.5. The van der Waals surface area contributed by atoms with Crippen LogP contribution in [0.3, 0.4) is 0 Å². The molecule has 0 saturated carbocycles. The van der Waals surface area contributed by atoms with Crippen LogP contribution in [0, 0.1) is 6.92 Å². The summed E-state index contributed by atoms with van der Waals surface area (Å²) in [6.07, 6.45) is 1.60. The first-order chi connectivity index (χ1) is 12.6. The predicted molar refractivity (Wildman–Crippen MR) is 102 cm³/mol. The standard InChI is InChI=1S/C19H21N5OS/c1-13-8-4-5-9-15(13)12-26-19-23-22-17(24(19)3)14(2)21-18(25)16-10-6-7-11-20-16/h4-11,14H,12H2,1-3H3,(H,21,25). The van der Waals surface area contributed by atoms with Crippen molar-refractivity contribution >= 4 is 17.7 Å². The molecule has 0 aliphatic heterocycles. The Morgan fingerprint density at radius 2 is 1.96 bits per heavy atom. The SMILES string of the molecule is Cc1ccccc1CSc1nnc(C(C)NC(=O)c2ccccn2)n1C. The largest absolute Gasteiger partial charge is 0.341 e. The Bertz CT molecular complexity index is 894. The summed E-state index contributed by atoms with van der Waals surface area (Å²) in [5.74, 6) is 1.31. The quantitative estimate of drug-likeness (QED) is 0.677. The second-order valence-electron chi connectivity index (χ2n) is 6.03. The minimum atomic E-state index is -0.269. The fourth-order valence-electron chi connectivity index (χ4n) is 2.58. The molecule has 0 aliphatic rings. The third kappa shape index (κ3) is 4.11. The Labute approximate surface area is 157 Å². The molecule has 3 rings (SSSR count). The van der Waals surface area contributed by atoms with Gasteiger partial charge in [-0.15, -0.1) is 10.2 Å². The summed E-state index contributed by atoms with van der Waals surface area (Å²) in [5.41, 5.74) is 2.92. The van der Waals surface area contributed by atoms with Gasteiger partial charge < -0.3 is 9.88 Å².